The first kappa shape index (κ1) is 18.2. The topological polar surface area (TPSA) is 43.7 Å². The second kappa shape index (κ2) is 7.10. The number of allylic oxidation sites excluding steroid dienone is 1. The average Bonchev–Trinajstić information content (AvgIpc) is 2.82. The number of likely N-dealkylation sites (tertiary alicyclic amines) is 1. The fraction of sp³-hybridized carbons (Fsp3) is 0.652. The zero-order valence-corrected chi connectivity index (χ0v) is 15.9. The molecule has 26 heavy (non-hydrogen) atoms. The molecule has 1 saturated carbocycles. The largest absolute Gasteiger partial charge is 0.396 e. The standard InChI is InChI=1S/C23H33NO2/c25-19-22-14-8-13-21(12-5-2-6-15-23(21,22)26)17-24(18-22)16-7-11-20-9-3-1-4-10-20/h1-4,6,9-10,25-26H,5,7-8,11-19H2/t21-,22+,23+/m1/s1. The third kappa shape index (κ3) is 2.85. The van der Waals surface area contributed by atoms with E-state index in [4.69, 9.17) is 0 Å². The Bertz CT molecular complexity index is 645. The molecule has 2 fully saturated rings. The Morgan fingerprint density at radius 3 is 2.65 bits per heavy atom. The van der Waals surface area contributed by atoms with E-state index in [0.29, 0.717) is 6.42 Å². The molecule has 3 aliphatic rings. The maximum atomic E-state index is 11.9. The number of hydrogen-bond donors (Lipinski definition) is 2. The minimum Gasteiger partial charge on any atom is -0.396 e. The van der Waals surface area contributed by atoms with Crippen molar-refractivity contribution >= 4 is 0 Å². The molecule has 1 saturated heterocycles. The Hall–Kier alpha value is -1.16. The van der Waals surface area contributed by atoms with Gasteiger partial charge in [-0.15, -0.1) is 0 Å². The van der Waals surface area contributed by atoms with Crippen LogP contribution < -0.4 is 0 Å². The van der Waals surface area contributed by atoms with Crippen molar-refractivity contribution in [1.29, 1.82) is 0 Å². The lowest BCUT2D eigenvalue weighted by molar-refractivity contribution is -0.255. The molecule has 3 nitrogen and oxygen atoms in total. The van der Waals surface area contributed by atoms with Crippen molar-refractivity contribution in [2.24, 2.45) is 10.8 Å². The molecule has 3 atom stereocenters. The molecule has 1 heterocycles. The van der Waals surface area contributed by atoms with Crippen LogP contribution >= 0.6 is 0 Å². The van der Waals surface area contributed by atoms with E-state index in [1.165, 1.54) is 5.56 Å². The monoisotopic (exact) mass is 355 g/mol. The summed E-state index contributed by atoms with van der Waals surface area (Å²) in [5.74, 6) is 0. The van der Waals surface area contributed by atoms with Crippen molar-refractivity contribution in [3.05, 3.63) is 48.0 Å². The van der Waals surface area contributed by atoms with Gasteiger partial charge in [-0.2, -0.15) is 0 Å². The van der Waals surface area contributed by atoms with Gasteiger partial charge in [-0.05, 0) is 57.1 Å². The molecule has 2 aliphatic carbocycles. The molecule has 1 aliphatic heterocycles. The lowest BCUT2D eigenvalue weighted by Gasteiger charge is -2.66. The molecule has 2 N–H and O–H groups in total. The van der Waals surface area contributed by atoms with Crippen LogP contribution in [0.5, 0.6) is 0 Å². The second-order valence-electron chi connectivity index (χ2n) is 8.95. The zero-order chi connectivity index (χ0) is 18.1. The fourth-order valence-electron chi connectivity index (χ4n) is 6.22. The number of aliphatic hydroxyl groups excluding tert-OH is 1. The van der Waals surface area contributed by atoms with Crippen LogP contribution in [0.15, 0.2) is 42.5 Å². The van der Waals surface area contributed by atoms with Crippen LogP contribution in [0.25, 0.3) is 0 Å². The van der Waals surface area contributed by atoms with Crippen molar-refractivity contribution in [2.45, 2.75) is 57.0 Å². The third-order valence-electron chi connectivity index (χ3n) is 7.57. The van der Waals surface area contributed by atoms with Gasteiger partial charge < -0.3 is 15.1 Å². The molecule has 0 aromatic heterocycles. The van der Waals surface area contributed by atoms with E-state index >= 15 is 0 Å². The number of aliphatic hydroxyl groups is 2. The molecule has 0 amide bonds. The minimum absolute atomic E-state index is 0.0531. The minimum atomic E-state index is -0.740. The van der Waals surface area contributed by atoms with Crippen molar-refractivity contribution in [2.75, 3.05) is 26.2 Å². The Morgan fingerprint density at radius 1 is 1.00 bits per heavy atom. The number of piperidine rings is 1. The second-order valence-corrected chi connectivity index (χ2v) is 8.95. The average molecular weight is 356 g/mol. The molecule has 142 valence electrons. The van der Waals surface area contributed by atoms with Gasteiger partial charge in [0.25, 0.3) is 0 Å². The number of aryl methyl sites for hydroxylation is 1. The summed E-state index contributed by atoms with van der Waals surface area (Å²) in [6.07, 6.45) is 12.7. The third-order valence-corrected chi connectivity index (χ3v) is 7.57. The Morgan fingerprint density at radius 2 is 1.85 bits per heavy atom. The molecule has 1 aromatic rings. The van der Waals surface area contributed by atoms with Gasteiger partial charge in [-0.1, -0.05) is 48.9 Å². The lowest BCUT2D eigenvalue weighted by atomic mass is 9.47. The van der Waals surface area contributed by atoms with Crippen LogP contribution in [0, 0.1) is 10.8 Å². The Kier molecular flexibility index (Phi) is 4.98. The van der Waals surface area contributed by atoms with Crippen molar-refractivity contribution in [3.63, 3.8) is 0 Å². The Labute approximate surface area is 157 Å². The number of nitrogens with zero attached hydrogens (tertiary/aromatic N) is 1. The van der Waals surface area contributed by atoms with Gasteiger partial charge >= 0.3 is 0 Å². The predicted octanol–water partition coefficient (Wildman–Crippen LogP) is 3.56. The summed E-state index contributed by atoms with van der Waals surface area (Å²) in [6.45, 7) is 2.99. The van der Waals surface area contributed by atoms with E-state index < -0.39 is 5.60 Å². The number of rotatable bonds is 5. The maximum Gasteiger partial charge on any atom is 0.0840 e. The van der Waals surface area contributed by atoms with Crippen LogP contribution in [0.3, 0.4) is 0 Å². The smallest absolute Gasteiger partial charge is 0.0840 e. The van der Waals surface area contributed by atoms with Crippen LogP contribution in [0.2, 0.25) is 0 Å². The summed E-state index contributed by atoms with van der Waals surface area (Å²) in [6, 6.07) is 10.7. The molecule has 2 bridgehead atoms. The van der Waals surface area contributed by atoms with Crippen LogP contribution in [0.4, 0.5) is 0 Å². The summed E-state index contributed by atoms with van der Waals surface area (Å²) in [7, 11) is 0. The molecule has 1 aromatic carbocycles. The van der Waals surface area contributed by atoms with E-state index in [9.17, 15) is 10.2 Å². The molecule has 3 heteroatoms. The molecule has 4 rings (SSSR count). The SMILES string of the molecule is OC[C@@]12CCC[C@]3(CCC=CC[C@]31O)CN(CCCc1ccccc1)C2. The molecular weight excluding hydrogens is 322 g/mol. The first-order chi connectivity index (χ1) is 12.6. The molecular formula is C23H33NO2. The van der Waals surface area contributed by atoms with Crippen molar-refractivity contribution in [3.8, 4) is 0 Å². The van der Waals surface area contributed by atoms with Crippen molar-refractivity contribution < 1.29 is 10.2 Å². The van der Waals surface area contributed by atoms with E-state index in [0.717, 1.165) is 64.6 Å². The first-order valence-electron chi connectivity index (χ1n) is 10.4. The highest BCUT2D eigenvalue weighted by Gasteiger charge is 2.66. The highest BCUT2D eigenvalue weighted by molar-refractivity contribution is 5.21. The van der Waals surface area contributed by atoms with E-state index in [-0.39, 0.29) is 17.4 Å². The van der Waals surface area contributed by atoms with Crippen molar-refractivity contribution in [1.82, 2.24) is 4.90 Å². The fourth-order valence-corrected chi connectivity index (χ4v) is 6.22. The molecule has 0 spiro atoms. The van der Waals surface area contributed by atoms with E-state index in [1.54, 1.807) is 0 Å². The zero-order valence-electron chi connectivity index (χ0n) is 15.9. The van der Waals surface area contributed by atoms with E-state index in [1.807, 2.05) is 0 Å². The van der Waals surface area contributed by atoms with Crippen LogP contribution in [-0.4, -0.2) is 47.0 Å². The number of hydrogen-bond acceptors (Lipinski definition) is 3. The first-order valence-corrected chi connectivity index (χ1v) is 10.4. The highest BCUT2D eigenvalue weighted by Crippen LogP contribution is 2.61. The Balaban J connectivity index is 1.51. The summed E-state index contributed by atoms with van der Waals surface area (Å²) >= 11 is 0. The van der Waals surface area contributed by atoms with Crippen LogP contribution in [0.1, 0.15) is 50.5 Å². The molecule has 0 unspecified atom stereocenters. The van der Waals surface area contributed by atoms with Gasteiger partial charge in [0.1, 0.15) is 0 Å². The van der Waals surface area contributed by atoms with Crippen LogP contribution in [-0.2, 0) is 6.42 Å². The van der Waals surface area contributed by atoms with Gasteiger partial charge in [-0.3, -0.25) is 0 Å². The van der Waals surface area contributed by atoms with Gasteiger partial charge in [-0.25, -0.2) is 0 Å². The predicted molar refractivity (Wildman–Crippen MR) is 105 cm³/mol. The number of benzene rings is 1. The molecule has 0 radical (unpaired) electrons. The van der Waals surface area contributed by atoms with Gasteiger partial charge in [0.05, 0.1) is 12.2 Å². The summed E-state index contributed by atoms with van der Waals surface area (Å²) in [4.78, 5) is 2.55. The van der Waals surface area contributed by atoms with Gasteiger partial charge in [0.15, 0.2) is 0 Å². The highest BCUT2D eigenvalue weighted by atomic mass is 16.3. The summed E-state index contributed by atoms with van der Waals surface area (Å²) < 4.78 is 0. The normalized spacial score (nSPS) is 37.2. The van der Waals surface area contributed by atoms with Gasteiger partial charge in [0, 0.05) is 23.9 Å². The quantitative estimate of drug-likeness (QED) is 0.794. The van der Waals surface area contributed by atoms with Gasteiger partial charge in [0.2, 0.25) is 0 Å². The summed E-state index contributed by atoms with van der Waals surface area (Å²) in [5, 5.41) is 22.3. The summed E-state index contributed by atoms with van der Waals surface area (Å²) in [5.41, 5.74) is 0.249. The lowest BCUT2D eigenvalue weighted by Crippen LogP contribution is -2.73. The maximum absolute atomic E-state index is 11.9. The van der Waals surface area contributed by atoms with E-state index in [2.05, 4.69) is 47.4 Å².